The van der Waals surface area contributed by atoms with Crippen LogP contribution in [0.25, 0.3) is 0 Å². The SMILES string of the molecule is Cc1ccc(N=CN(C(=O)c2cc(O)c(O)c(O)c2)c2ccc(C)cc2)cc1. The number of carbonyl (C=O) groups excluding carboxylic acids is 1. The minimum atomic E-state index is -0.674. The summed E-state index contributed by atoms with van der Waals surface area (Å²) in [6.07, 6.45) is 1.39. The van der Waals surface area contributed by atoms with Gasteiger partial charge >= 0.3 is 0 Å². The zero-order chi connectivity index (χ0) is 20.3. The number of carbonyl (C=O) groups is 1. The van der Waals surface area contributed by atoms with Crippen LogP contribution in [0.15, 0.2) is 65.7 Å². The molecule has 3 aromatic rings. The van der Waals surface area contributed by atoms with Crippen molar-refractivity contribution in [1.82, 2.24) is 0 Å². The minimum absolute atomic E-state index is 0.00345. The van der Waals surface area contributed by atoms with Crippen LogP contribution in [-0.4, -0.2) is 27.6 Å². The fraction of sp³-hybridized carbons (Fsp3) is 0.0909. The molecule has 142 valence electrons. The number of hydrogen-bond acceptors (Lipinski definition) is 5. The lowest BCUT2D eigenvalue weighted by Crippen LogP contribution is -2.29. The molecule has 0 saturated carbocycles. The Labute approximate surface area is 162 Å². The molecule has 0 aliphatic heterocycles. The lowest BCUT2D eigenvalue weighted by molar-refractivity contribution is 0.100. The highest BCUT2D eigenvalue weighted by Gasteiger charge is 2.20. The zero-order valence-corrected chi connectivity index (χ0v) is 15.5. The number of aliphatic imine (C=N–C) groups is 1. The van der Waals surface area contributed by atoms with E-state index in [4.69, 9.17) is 0 Å². The van der Waals surface area contributed by atoms with Crippen LogP contribution in [0.4, 0.5) is 11.4 Å². The molecule has 3 N–H and O–H groups in total. The number of nitrogens with zero attached hydrogens (tertiary/aromatic N) is 2. The third-order valence-electron chi connectivity index (χ3n) is 4.20. The Morgan fingerprint density at radius 1 is 0.857 bits per heavy atom. The molecular weight excluding hydrogens is 356 g/mol. The maximum atomic E-state index is 13.1. The van der Waals surface area contributed by atoms with Crippen LogP contribution in [0.5, 0.6) is 17.2 Å². The molecule has 0 unspecified atom stereocenters. The van der Waals surface area contributed by atoms with Gasteiger partial charge in [0.2, 0.25) is 0 Å². The summed E-state index contributed by atoms with van der Waals surface area (Å²) in [5.41, 5.74) is 3.38. The Balaban J connectivity index is 2.01. The molecule has 0 aliphatic rings. The molecule has 3 aromatic carbocycles. The first-order chi connectivity index (χ1) is 13.3. The molecule has 0 bridgehead atoms. The van der Waals surface area contributed by atoms with Crippen LogP contribution in [0, 0.1) is 13.8 Å². The second-order valence-corrected chi connectivity index (χ2v) is 6.45. The molecule has 0 saturated heterocycles. The Kier molecular flexibility index (Phi) is 5.31. The predicted molar refractivity (Wildman–Crippen MR) is 109 cm³/mol. The van der Waals surface area contributed by atoms with Crippen molar-refractivity contribution in [3.05, 3.63) is 77.4 Å². The molecule has 3 rings (SSSR count). The van der Waals surface area contributed by atoms with Crippen molar-refractivity contribution in [3.63, 3.8) is 0 Å². The van der Waals surface area contributed by atoms with Crippen molar-refractivity contribution in [2.75, 3.05) is 4.90 Å². The van der Waals surface area contributed by atoms with E-state index in [1.807, 2.05) is 50.2 Å². The monoisotopic (exact) mass is 376 g/mol. The molecule has 0 aliphatic carbocycles. The highest BCUT2D eigenvalue weighted by atomic mass is 16.3. The number of aryl methyl sites for hydroxylation is 2. The summed E-state index contributed by atoms with van der Waals surface area (Å²) in [5.74, 6) is -2.36. The van der Waals surface area contributed by atoms with Gasteiger partial charge in [-0.05, 0) is 50.2 Å². The first kappa shape index (κ1) is 19.0. The standard InChI is InChI=1S/C22H20N2O4/c1-14-3-7-17(8-4-14)23-13-24(18-9-5-15(2)6-10-18)22(28)16-11-19(25)21(27)20(26)12-16/h3-13,25-27H,1-2H3. The Morgan fingerprint density at radius 2 is 1.36 bits per heavy atom. The molecule has 6 heteroatoms. The van der Waals surface area contributed by atoms with Gasteiger partial charge in [0.15, 0.2) is 17.2 Å². The van der Waals surface area contributed by atoms with Gasteiger partial charge in [-0.2, -0.15) is 0 Å². The Bertz CT molecular complexity index is 1000. The normalized spacial score (nSPS) is 10.9. The molecule has 0 fully saturated rings. The molecule has 0 heterocycles. The average molecular weight is 376 g/mol. The fourth-order valence-electron chi connectivity index (χ4n) is 2.56. The van der Waals surface area contributed by atoms with Crippen LogP contribution in [-0.2, 0) is 0 Å². The molecule has 1 amide bonds. The van der Waals surface area contributed by atoms with E-state index in [1.54, 1.807) is 12.1 Å². The van der Waals surface area contributed by atoms with E-state index in [0.717, 1.165) is 23.3 Å². The lowest BCUT2D eigenvalue weighted by Gasteiger charge is -2.18. The van der Waals surface area contributed by atoms with Gasteiger partial charge in [0.25, 0.3) is 5.91 Å². The second-order valence-electron chi connectivity index (χ2n) is 6.45. The van der Waals surface area contributed by atoms with Gasteiger partial charge in [-0.1, -0.05) is 35.4 Å². The summed E-state index contributed by atoms with van der Waals surface area (Å²) in [6.45, 7) is 3.91. The lowest BCUT2D eigenvalue weighted by atomic mass is 10.1. The molecular formula is C22H20N2O4. The van der Waals surface area contributed by atoms with Crippen LogP contribution >= 0.6 is 0 Å². The third kappa shape index (κ3) is 4.12. The number of rotatable bonds is 4. The van der Waals surface area contributed by atoms with Gasteiger partial charge in [-0.3, -0.25) is 9.69 Å². The fourth-order valence-corrected chi connectivity index (χ4v) is 2.56. The van der Waals surface area contributed by atoms with Crippen molar-refractivity contribution in [2.24, 2.45) is 4.99 Å². The van der Waals surface area contributed by atoms with Gasteiger partial charge < -0.3 is 15.3 Å². The van der Waals surface area contributed by atoms with Crippen LogP contribution in [0.2, 0.25) is 0 Å². The largest absolute Gasteiger partial charge is 0.504 e. The summed E-state index contributed by atoms with van der Waals surface area (Å²) in [5, 5.41) is 29.0. The average Bonchev–Trinajstić information content (AvgIpc) is 2.68. The van der Waals surface area contributed by atoms with E-state index < -0.39 is 23.2 Å². The van der Waals surface area contributed by atoms with Crippen LogP contribution < -0.4 is 4.90 Å². The maximum absolute atomic E-state index is 13.1. The third-order valence-corrected chi connectivity index (χ3v) is 4.20. The van der Waals surface area contributed by atoms with Gasteiger partial charge in [0.1, 0.15) is 6.34 Å². The predicted octanol–water partition coefficient (Wildman–Crippen LogP) is 4.43. The summed E-state index contributed by atoms with van der Waals surface area (Å²) >= 11 is 0. The van der Waals surface area contributed by atoms with E-state index in [0.29, 0.717) is 11.4 Å². The van der Waals surface area contributed by atoms with Crippen molar-refractivity contribution in [3.8, 4) is 17.2 Å². The molecule has 6 nitrogen and oxygen atoms in total. The number of hydrogen-bond donors (Lipinski definition) is 3. The minimum Gasteiger partial charge on any atom is -0.504 e. The van der Waals surface area contributed by atoms with Crippen LogP contribution in [0.3, 0.4) is 0 Å². The number of amides is 1. The molecule has 28 heavy (non-hydrogen) atoms. The van der Waals surface area contributed by atoms with E-state index >= 15 is 0 Å². The smallest absolute Gasteiger partial charge is 0.263 e. The summed E-state index contributed by atoms with van der Waals surface area (Å²) in [7, 11) is 0. The number of anilines is 1. The number of aromatic hydroxyl groups is 3. The second kappa shape index (κ2) is 7.84. The Morgan fingerprint density at radius 3 is 1.89 bits per heavy atom. The van der Waals surface area contributed by atoms with Crippen molar-refractivity contribution < 1.29 is 20.1 Å². The molecule has 0 atom stereocenters. The maximum Gasteiger partial charge on any atom is 0.263 e. The van der Waals surface area contributed by atoms with E-state index in [9.17, 15) is 20.1 Å². The van der Waals surface area contributed by atoms with Crippen molar-refractivity contribution in [1.29, 1.82) is 0 Å². The van der Waals surface area contributed by atoms with Crippen LogP contribution in [0.1, 0.15) is 21.5 Å². The molecule has 0 radical (unpaired) electrons. The highest BCUT2D eigenvalue weighted by Crippen LogP contribution is 2.36. The van der Waals surface area contributed by atoms with Gasteiger partial charge in [0, 0.05) is 5.56 Å². The zero-order valence-electron chi connectivity index (χ0n) is 15.5. The number of phenols is 3. The quantitative estimate of drug-likeness (QED) is 0.357. The summed E-state index contributed by atoms with van der Waals surface area (Å²) in [4.78, 5) is 18.7. The van der Waals surface area contributed by atoms with E-state index in [-0.39, 0.29) is 5.56 Å². The van der Waals surface area contributed by atoms with Crippen molar-refractivity contribution >= 4 is 23.6 Å². The topological polar surface area (TPSA) is 93.4 Å². The van der Waals surface area contributed by atoms with E-state index in [2.05, 4.69) is 4.99 Å². The van der Waals surface area contributed by atoms with E-state index in [1.165, 1.54) is 11.2 Å². The summed E-state index contributed by atoms with van der Waals surface area (Å²) < 4.78 is 0. The van der Waals surface area contributed by atoms with Crippen molar-refractivity contribution in [2.45, 2.75) is 13.8 Å². The number of benzene rings is 3. The molecule has 0 aromatic heterocycles. The first-order valence-electron chi connectivity index (χ1n) is 8.61. The highest BCUT2D eigenvalue weighted by molar-refractivity contribution is 6.17. The number of phenolic OH excluding ortho intramolecular Hbond substituents is 3. The van der Waals surface area contributed by atoms with Gasteiger partial charge in [-0.15, -0.1) is 0 Å². The van der Waals surface area contributed by atoms with Gasteiger partial charge in [0.05, 0.1) is 11.4 Å². The Hall–Kier alpha value is -3.80. The van der Waals surface area contributed by atoms with Gasteiger partial charge in [-0.25, -0.2) is 4.99 Å². The summed E-state index contributed by atoms with van der Waals surface area (Å²) in [6, 6.07) is 17.0. The molecule has 0 spiro atoms. The first-order valence-corrected chi connectivity index (χ1v) is 8.61.